The van der Waals surface area contributed by atoms with Gasteiger partial charge in [0.15, 0.2) is 0 Å². The molecule has 0 bridgehead atoms. The zero-order valence-corrected chi connectivity index (χ0v) is 13.8. The zero-order valence-electron chi connectivity index (χ0n) is 13.8. The van der Waals surface area contributed by atoms with Crippen LogP contribution >= 0.6 is 0 Å². The molecule has 0 saturated heterocycles. The number of carbonyl (C=O) groups excluding carboxylic acids is 1. The van der Waals surface area contributed by atoms with Crippen molar-refractivity contribution in [3.05, 3.63) is 60.3 Å². The number of nitrogens with one attached hydrogen (secondary N) is 1. The molecule has 3 aromatic rings. The maximum absolute atomic E-state index is 9.60. The van der Waals surface area contributed by atoms with E-state index in [1.54, 1.807) is 6.92 Å². The number of nitrogens with two attached hydrogens (primary N) is 2. The Bertz CT molecular complexity index is 782. The number of hydrogen-bond donors (Lipinski definition) is 3. The van der Waals surface area contributed by atoms with Crippen LogP contribution in [0, 0.1) is 0 Å². The second kappa shape index (κ2) is 8.74. The van der Waals surface area contributed by atoms with E-state index >= 15 is 0 Å². The molecular formula is C19H23N3O2. The van der Waals surface area contributed by atoms with Crippen molar-refractivity contribution < 1.29 is 9.53 Å². The molecule has 0 fully saturated rings. The third kappa shape index (κ3) is 4.36. The molecule has 126 valence electrons. The van der Waals surface area contributed by atoms with Gasteiger partial charge in [0.1, 0.15) is 0 Å². The number of benzene rings is 2. The zero-order chi connectivity index (χ0) is 17.4. The minimum absolute atomic E-state index is 0.356. The molecule has 0 saturated carbocycles. The lowest BCUT2D eigenvalue weighted by atomic mass is 10.0. The fraction of sp³-hybridized carbons (Fsp3) is 0.211. The van der Waals surface area contributed by atoms with Gasteiger partial charge in [-0.1, -0.05) is 48.5 Å². The molecule has 2 aromatic carbocycles. The summed E-state index contributed by atoms with van der Waals surface area (Å²) in [4.78, 5) is 13.1. The fourth-order valence-electron chi connectivity index (χ4n) is 2.61. The van der Waals surface area contributed by atoms with Crippen LogP contribution in [0.15, 0.2) is 54.6 Å². The number of primary amides is 1. The number of rotatable bonds is 4. The van der Waals surface area contributed by atoms with E-state index in [9.17, 15) is 4.79 Å². The van der Waals surface area contributed by atoms with E-state index in [1.165, 1.54) is 27.7 Å². The summed E-state index contributed by atoms with van der Waals surface area (Å²) in [5, 5.41) is 1.27. The van der Waals surface area contributed by atoms with Crippen molar-refractivity contribution >= 4 is 17.0 Å². The van der Waals surface area contributed by atoms with Gasteiger partial charge in [-0.25, -0.2) is 4.79 Å². The van der Waals surface area contributed by atoms with E-state index in [-0.39, 0.29) is 0 Å². The van der Waals surface area contributed by atoms with Crippen LogP contribution < -0.4 is 11.5 Å². The number of para-hydroxylation sites is 1. The van der Waals surface area contributed by atoms with E-state index in [1.807, 2.05) is 6.07 Å². The molecule has 0 aliphatic rings. The van der Waals surface area contributed by atoms with E-state index in [2.05, 4.69) is 64.0 Å². The molecule has 0 aliphatic heterocycles. The summed E-state index contributed by atoms with van der Waals surface area (Å²) in [6.07, 6.45) is 0.163. The molecule has 24 heavy (non-hydrogen) atoms. The van der Waals surface area contributed by atoms with Crippen LogP contribution in [0.4, 0.5) is 4.79 Å². The minimum Gasteiger partial charge on any atom is -0.450 e. The Kier molecular flexibility index (Phi) is 6.40. The first kappa shape index (κ1) is 17.6. The van der Waals surface area contributed by atoms with Crippen molar-refractivity contribution in [2.45, 2.75) is 13.3 Å². The Hall–Kier alpha value is -2.79. The molecule has 5 nitrogen and oxygen atoms in total. The van der Waals surface area contributed by atoms with E-state index in [0.29, 0.717) is 13.2 Å². The fourth-order valence-corrected chi connectivity index (χ4v) is 2.61. The summed E-state index contributed by atoms with van der Waals surface area (Å²) in [7, 11) is 0. The predicted molar refractivity (Wildman–Crippen MR) is 97.7 cm³/mol. The molecule has 3 rings (SSSR count). The average molecular weight is 325 g/mol. The van der Waals surface area contributed by atoms with Crippen molar-refractivity contribution in [3.8, 4) is 11.1 Å². The number of amides is 1. The lowest BCUT2D eigenvalue weighted by Gasteiger charge is -2.03. The molecule has 5 heteroatoms. The number of aromatic amines is 1. The molecule has 0 unspecified atom stereocenters. The second-order valence-corrected chi connectivity index (χ2v) is 5.18. The van der Waals surface area contributed by atoms with E-state index in [0.717, 1.165) is 6.42 Å². The number of fused-ring (bicyclic) bond motifs is 1. The Morgan fingerprint density at radius 2 is 1.75 bits per heavy atom. The van der Waals surface area contributed by atoms with Gasteiger partial charge in [0.2, 0.25) is 0 Å². The quantitative estimate of drug-likeness (QED) is 0.686. The SMILES string of the molecule is CCOC(N)=O.NCCc1[nH]c2ccccc2c1-c1ccccc1. The topological polar surface area (TPSA) is 94.1 Å². The first-order valence-electron chi connectivity index (χ1n) is 7.94. The summed E-state index contributed by atoms with van der Waals surface area (Å²) in [5.41, 5.74) is 15.2. The van der Waals surface area contributed by atoms with E-state index in [4.69, 9.17) is 5.73 Å². The lowest BCUT2D eigenvalue weighted by molar-refractivity contribution is 0.163. The van der Waals surface area contributed by atoms with Gasteiger partial charge in [-0.2, -0.15) is 0 Å². The van der Waals surface area contributed by atoms with Gasteiger partial charge in [-0.3, -0.25) is 0 Å². The third-order valence-corrected chi connectivity index (χ3v) is 3.53. The number of hydrogen-bond acceptors (Lipinski definition) is 3. The minimum atomic E-state index is -0.711. The van der Waals surface area contributed by atoms with Gasteiger partial charge in [0, 0.05) is 28.6 Å². The first-order valence-corrected chi connectivity index (χ1v) is 7.94. The predicted octanol–water partition coefficient (Wildman–Crippen LogP) is 3.44. The Morgan fingerprint density at radius 1 is 1.08 bits per heavy atom. The normalized spacial score (nSPS) is 10.1. The summed E-state index contributed by atoms with van der Waals surface area (Å²) < 4.78 is 4.18. The van der Waals surface area contributed by atoms with Crippen LogP contribution in [0.25, 0.3) is 22.0 Å². The van der Waals surface area contributed by atoms with Crippen LogP contribution in [0.5, 0.6) is 0 Å². The monoisotopic (exact) mass is 325 g/mol. The largest absolute Gasteiger partial charge is 0.450 e. The molecule has 5 N–H and O–H groups in total. The Labute approximate surface area is 141 Å². The summed E-state index contributed by atoms with van der Waals surface area (Å²) in [6, 6.07) is 18.9. The maximum Gasteiger partial charge on any atom is 0.404 e. The van der Waals surface area contributed by atoms with Crippen molar-refractivity contribution in [3.63, 3.8) is 0 Å². The van der Waals surface area contributed by atoms with Crippen LogP contribution in [-0.2, 0) is 11.2 Å². The van der Waals surface area contributed by atoms with Crippen LogP contribution in [0.2, 0.25) is 0 Å². The summed E-state index contributed by atoms with van der Waals surface area (Å²) in [5.74, 6) is 0. The van der Waals surface area contributed by atoms with Crippen LogP contribution in [0.3, 0.4) is 0 Å². The van der Waals surface area contributed by atoms with Crippen molar-refractivity contribution in [2.75, 3.05) is 13.2 Å². The highest BCUT2D eigenvalue weighted by molar-refractivity contribution is 5.97. The molecule has 1 heterocycles. The van der Waals surface area contributed by atoms with Crippen molar-refractivity contribution in [1.82, 2.24) is 4.98 Å². The molecule has 1 amide bonds. The summed E-state index contributed by atoms with van der Waals surface area (Å²) in [6.45, 7) is 2.72. The number of H-pyrrole nitrogens is 1. The van der Waals surface area contributed by atoms with Crippen LogP contribution in [0.1, 0.15) is 12.6 Å². The van der Waals surface area contributed by atoms with Crippen molar-refractivity contribution in [2.24, 2.45) is 11.5 Å². The van der Waals surface area contributed by atoms with Gasteiger partial charge in [-0.05, 0) is 25.1 Å². The Morgan fingerprint density at radius 3 is 2.33 bits per heavy atom. The molecule has 0 aliphatic carbocycles. The summed E-state index contributed by atoms with van der Waals surface area (Å²) >= 11 is 0. The standard InChI is InChI=1S/C16H16N2.C3H7NO2/c17-11-10-15-16(12-6-2-1-3-7-12)13-8-4-5-9-14(13)18-15;1-2-6-3(4)5/h1-9,18H,10-11,17H2;2H2,1H3,(H2,4,5). The highest BCUT2D eigenvalue weighted by Crippen LogP contribution is 2.32. The Balaban J connectivity index is 0.000000301. The maximum atomic E-state index is 9.60. The second-order valence-electron chi connectivity index (χ2n) is 5.18. The first-order chi connectivity index (χ1) is 11.7. The highest BCUT2D eigenvalue weighted by Gasteiger charge is 2.11. The number of carbonyl (C=O) groups is 1. The van der Waals surface area contributed by atoms with Gasteiger partial charge in [0.25, 0.3) is 0 Å². The third-order valence-electron chi connectivity index (χ3n) is 3.53. The molecule has 0 radical (unpaired) electrons. The van der Waals surface area contributed by atoms with Gasteiger partial charge >= 0.3 is 6.09 Å². The van der Waals surface area contributed by atoms with Gasteiger partial charge < -0.3 is 21.2 Å². The molecule has 1 aromatic heterocycles. The van der Waals surface area contributed by atoms with Gasteiger partial charge in [0.05, 0.1) is 6.61 Å². The van der Waals surface area contributed by atoms with Crippen molar-refractivity contribution in [1.29, 1.82) is 0 Å². The van der Waals surface area contributed by atoms with Crippen LogP contribution in [-0.4, -0.2) is 24.2 Å². The molecular weight excluding hydrogens is 302 g/mol. The number of aromatic nitrogens is 1. The molecule has 0 spiro atoms. The molecule has 0 atom stereocenters. The number of ether oxygens (including phenoxy) is 1. The van der Waals surface area contributed by atoms with Gasteiger partial charge in [-0.15, -0.1) is 0 Å². The van der Waals surface area contributed by atoms with E-state index < -0.39 is 6.09 Å². The smallest absolute Gasteiger partial charge is 0.404 e. The highest BCUT2D eigenvalue weighted by atomic mass is 16.5. The average Bonchev–Trinajstić information content (AvgIpc) is 2.94. The lowest BCUT2D eigenvalue weighted by Crippen LogP contribution is -2.11.